The van der Waals surface area contributed by atoms with E-state index in [4.69, 9.17) is 16.3 Å². The highest BCUT2D eigenvalue weighted by Gasteiger charge is 2.11. The Morgan fingerprint density at radius 3 is 2.73 bits per heavy atom. The molecule has 0 aliphatic carbocycles. The van der Waals surface area contributed by atoms with Crippen molar-refractivity contribution in [2.24, 2.45) is 5.84 Å². The van der Waals surface area contributed by atoms with Crippen molar-refractivity contribution in [3.63, 3.8) is 0 Å². The second-order valence-electron chi connectivity index (χ2n) is 3.48. The minimum absolute atomic E-state index is 0.0985. The van der Waals surface area contributed by atoms with Gasteiger partial charge in [-0.15, -0.1) is 0 Å². The molecule has 4 heteroatoms. The van der Waals surface area contributed by atoms with Gasteiger partial charge in [0.25, 0.3) is 0 Å². The maximum Gasteiger partial charge on any atom is 0.0481 e. The van der Waals surface area contributed by atoms with Gasteiger partial charge in [-0.2, -0.15) is 0 Å². The van der Waals surface area contributed by atoms with Crippen LogP contribution in [0.3, 0.4) is 0 Å². The van der Waals surface area contributed by atoms with E-state index >= 15 is 0 Å². The van der Waals surface area contributed by atoms with Crippen molar-refractivity contribution < 1.29 is 4.74 Å². The monoisotopic (exact) mass is 209 g/mol. The zero-order valence-corrected chi connectivity index (χ0v) is 9.07. The molecule has 0 spiro atoms. The van der Waals surface area contributed by atoms with E-state index in [1.807, 2.05) is 24.3 Å². The average Bonchev–Trinajstić information content (AvgIpc) is 2.26. The summed E-state index contributed by atoms with van der Waals surface area (Å²) in [6.07, 6.45) is 1.87. The van der Waals surface area contributed by atoms with Gasteiger partial charge < -0.3 is 10.5 Å². The Bertz CT molecular complexity index is 291. The van der Waals surface area contributed by atoms with Gasteiger partial charge >= 0.3 is 0 Å². The molecule has 0 amide bonds. The summed E-state index contributed by atoms with van der Waals surface area (Å²) < 4.78 is 5.00. The molecule has 0 bridgehead atoms. The van der Waals surface area contributed by atoms with Crippen LogP contribution in [0, 0.1) is 0 Å². The quantitative estimate of drug-likeness (QED) is 0.285. The van der Waals surface area contributed by atoms with E-state index in [9.17, 15) is 0 Å². The number of hydrazine groups is 1. The zero-order valence-electron chi connectivity index (χ0n) is 9.07. The maximum atomic E-state index is 5.87. The summed E-state index contributed by atoms with van der Waals surface area (Å²) in [6.45, 7) is 0.741. The highest BCUT2D eigenvalue weighted by Crippen LogP contribution is 2.22. The third kappa shape index (κ3) is 3.51. The highest BCUT2D eigenvalue weighted by atomic mass is 16.5. The van der Waals surface area contributed by atoms with Crippen molar-refractivity contribution in [2.45, 2.75) is 18.9 Å². The second kappa shape index (κ2) is 6.40. The number of nitrogens with one attached hydrogen (secondary N) is 1. The lowest BCUT2D eigenvalue weighted by Crippen LogP contribution is -2.28. The maximum absolute atomic E-state index is 5.87. The molecule has 0 aliphatic heterocycles. The molecule has 1 rings (SSSR count). The predicted octanol–water partition coefficient (Wildman–Crippen LogP) is 1.20. The topological polar surface area (TPSA) is 73.3 Å². The van der Waals surface area contributed by atoms with Gasteiger partial charge in [0, 0.05) is 25.4 Å². The largest absolute Gasteiger partial charge is 0.398 e. The van der Waals surface area contributed by atoms with Crippen LogP contribution in [0.2, 0.25) is 0 Å². The lowest BCUT2D eigenvalue weighted by molar-refractivity contribution is 0.189. The number of benzene rings is 1. The zero-order chi connectivity index (χ0) is 11.1. The summed E-state index contributed by atoms with van der Waals surface area (Å²) in [7, 11) is 1.70. The minimum atomic E-state index is 0.0985. The lowest BCUT2D eigenvalue weighted by atomic mass is 10.0. The summed E-state index contributed by atoms with van der Waals surface area (Å²) in [4.78, 5) is 0. The van der Waals surface area contributed by atoms with Gasteiger partial charge in [-0.25, -0.2) is 0 Å². The van der Waals surface area contributed by atoms with Gasteiger partial charge in [0.1, 0.15) is 0 Å². The van der Waals surface area contributed by atoms with Crippen molar-refractivity contribution in [2.75, 3.05) is 19.5 Å². The van der Waals surface area contributed by atoms with E-state index < -0.39 is 0 Å². The van der Waals surface area contributed by atoms with Crippen LogP contribution >= 0.6 is 0 Å². The molecule has 0 saturated heterocycles. The van der Waals surface area contributed by atoms with Crippen LogP contribution in [0.15, 0.2) is 24.3 Å². The molecule has 0 aliphatic rings. The molecule has 5 N–H and O–H groups in total. The van der Waals surface area contributed by atoms with Crippen LogP contribution in [0.5, 0.6) is 0 Å². The number of hydrogen-bond donors (Lipinski definition) is 3. The number of anilines is 1. The highest BCUT2D eigenvalue weighted by molar-refractivity contribution is 5.48. The number of para-hydroxylation sites is 1. The first-order valence-corrected chi connectivity index (χ1v) is 5.09. The minimum Gasteiger partial charge on any atom is -0.398 e. The van der Waals surface area contributed by atoms with E-state index in [1.54, 1.807) is 7.11 Å². The number of nitrogens with two attached hydrogens (primary N) is 2. The van der Waals surface area contributed by atoms with Crippen LogP contribution in [0.4, 0.5) is 5.69 Å². The molecule has 84 valence electrons. The summed E-state index contributed by atoms with van der Waals surface area (Å²) in [6, 6.07) is 7.86. The Hall–Kier alpha value is -1.10. The van der Waals surface area contributed by atoms with Crippen LogP contribution in [-0.2, 0) is 4.74 Å². The Morgan fingerprint density at radius 1 is 1.40 bits per heavy atom. The first-order chi connectivity index (χ1) is 7.29. The molecule has 1 aromatic rings. The van der Waals surface area contributed by atoms with Gasteiger partial charge in [0.05, 0.1) is 0 Å². The first-order valence-electron chi connectivity index (χ1n) is 5.09. The summed E-state index contributed by atoms with van der Waals surface area (Å²) >= 11 is 0. The van der Waals surface area contributed by atoms with E-state index in [1.165, 1.54) is 0 Å². The summed E-state index contributed by atoms with van der Waals surface area (Å²) in [5, 5.41) is 0. The van der Waals surface area contributed by atoms with Gasteiger partial charge in [0.2, 0.25) is 0 Å². The number of methoxy groups -OCH3 is 1. The predicted molar refractivity (Wildman–Crippen MR) is 62.0 cm³/mol. The third-order valence-corrected chi connectivity index (χ3v) is 2.41. The molecular formula is C11H19N3O. The molecule has 1 atom stereocenters. The van der Waals surface area contributed by atoms with Crippen molar-refractivity contribution in [3.8, 4) is 0 Å². The fourth-order valence-corrected chi connectivity index (χ4v) is 1.59. The normalized spacial score (nSPS) is 12.7. The van der Waals surface area contributed by atoms with E-state index in [0.717, 1.165) is 30.7 Å². The molecule has 1 unspecified atom stereocenters. The average molecular weight is 209 g/mol. The molecular weight excluding hydrogens is 190 g/mol. The molecule has 15 heavy (non-hydrogen) atoms. The van der Waals surface area contributed by atoms with E-state index in [-0.39, 0.29) is 6.04 Å². The SMILES string of the molecule is COCCCC(NN)c1ccccc1N. The van der Waals surface area contributed by atoms with Gasteiger partial charge in [-0.05, 0) is 24.5 Å². The van der Waals surface area contributed by atoms with Gasteiger partial charge in [0.15, 0.2) is 0 Å². The standard InChI is InChI=1S/C11H19N3O/c1-15-8-4-7-11(14-13)9-5-2-3-6-10(9)12/h2-3,5-6,11,14H,4,7-8,12-13H2,1H3. The van der Waals surface area contributed by atoms with E-state index in [2.05, 4.69) is 5.43 Å². The van der Waals surface area contributed by atoms with Crippen LogP contribution < -0.4 is 17.0 Å². The van der Waals surface area contributed by atoms with E-state index in [0.29, 0.717) is 0 Å². The summed E-state index contributed by atoms with van der Waals surface area (Å²) in [5.74, 6) is 5.51. The molecule has 0 heterocycles. The first kappa shape index (κ1) is 12.0. The van der Waals surface area contributed by atoms with Gasteiger partial charge in [-0.3, -0.25) is 11.3 Å². The molecule has 0 saturated carbocycles. The molecule has 0 fully saturated rings. The Balaban J connectivity index is 2.61. The van der Waals surface area contributed by atoms with Crippen LogP contribution in [0.1, 0.15) is 24.4 Å². The molecule has 4 nitrogen and oxygen atoms in total. The number of rotatable bonds is 6. The van der Waals surface area contributed by atoms with Crippen molar-refractivity contribution in [1.29, 1.82) is 0 Å². The van der Waals surface area contributed by atoms with Crippen molar-refractivity contribution in [1.82, 2.24) is 5.43 Å². The molecule has 1 aromatic carbocycles. The molecule has 0 aromatic heterocycles. The summed E-state index contributed by atoms with van der Waals surface area (Å²) in [5.41, 5.74) is 10.5. The van der Waals surface area contributed by atoms with Crippen molar-refractivity contribution >= 4 is 5.69 Å². The third-order valence-electron chi connectivity index (χ3n) is 2.41. The Kier molecular flexibility index (Phi) is 5.10. The van der Waals surface area contributed by atoms with Gasteiger partial charge in [-0.1, -0.05) is 18.2 Å². The number of ether oxygens (including phenoxy) is 1. The smallest absolute Gasteiger partial charge is 0.0481 e. The van der Waals surface area contributed by atoms with Crippen molar-refractivity contribution in [3.05, 3.63) is 29.8 Å². The number of hydrogen-bond acceptors (Lipinski definition) is 4. The Labute approximate surface area is 90.6 Å². The fourth-order valence-electron chi connectivity index (χ4n) is 1.59. The fraction of sp³-hybridized carbons (Fsp3) is 0.455. The Morgan fingerprint density at radius 2 is 2.13 bits per heavy atom. The molecule has 0 radical (unpaired) electrons. The van der Waals surface area contributed by atoms with Crippen LogP contribution in [-0.4, -0.2) is 13.7 Å². The van der Waals surface area contributed by atoms with Crippen LogP contribution in [0.25, 0.3) is 0 Å². The second-order valence-corrected chi connectivity index (χ2v) is 3.48. The number of nitrogen functional groups attached to an aromatic ring is 1. The lowest BCUT2D eigenvalue weighted by Gasteiger charge is -2.17.